The van der Waals surface area contributed by atoms with E-state index in [1.165, 1.54) is 4.90 Å². The van der Waals surface area contributed by atoms with Crippen LogP contribution < -0.4 is 10.2 Å². The second-order valence-corrected chi connectivity index (χ2v) is 11.3. The van der Waals surface area contributed by atoms with Crippen LogP contribution in [-0.4, -0.2) is 49.9 Å². The smallest absolute Gasteiger partial charge is 0.244 e. The third kappa shape index (κ3) is 5.10. The lowest BCUT2D eigenvalue weighted by Crippen LogP contribution is -2.42. The third-order valence-corrected chi connectivity index (χ3v) is 8.99. The van der Waals surface area contributed by atoms with Crippen molar-refractivity contribution in [2.24, 2.45) is 0 Å². The molecule has 0 spiro atoms. The van der Waals surface area contributed by atoms with Gasteiger partial charge in [0, 0.05) is 35.3 Å². The van der Waals surface area contributed by atoms with Crippen LogP contribution in [0.1, 0.15) is 38.2 Å². The van der Waals surface area contributed by atoms with E-state index in [0.717, 1.165) is 29.7 Å². The number of anilines is 2. The number of benzene rings is 2. The first-order chi connectivity index (χ1) is 15.8. The number of amides is 2. The summed E-state index contributed by atoms with van der Waals surface area (Å²) in [5.74, 6) is -0.441. The van der Waals surface area contributed by atoms with E-state index in [2.05, 4.69) is 5.32 Å². The Morgan fingerprint density at radius 3 is 2.73 bits per heavy atom. The van der Waals surface area contributed by atoms with Gasteiger partial charge in [0.05, 0.1) is 4.90 Å². The fourth-order valence-corrected chi connectivity index (χ4v) is 6.69. The predicted molar refractivity (Wildman–Crippen MR) is 131 cm³/mol. The van der Waals surface area contributed by atoms with Gasteiger partial charge in [0.25, 0.3) is 0 Å². The molecule has 1 N–H and O–H groups in total. The number of fused-ring (bicyclic) bond motifs is 1. The molecule has 2 heterocycles. The molecule has 9 heteroatoms. The monoisotopic (exact) mass is 487 g/mol. The molecule has 4 rings (SSSR count). The van der Waals surface area contributed by atoms with Crippen molar-refractivity contribution >= 4 is 45.0 Å². The molecule has 0 radical (unpaired) electrons. The van der Waals surface area contributed by atoms with Gasteiger partial charge in [0.1, 0.15) is 6.54 Å². The van der Waals surface area contributed by atoms with Crippen molar-refractivity contribution in [1.82, 2.24) is 4.31 Å². The minimum absolute atomic E-state index is 0.0221. The highest BCUT2D eigenvalue weighted by Gasteiger charge is 2.33. The Labute approximate surface area is 199 Å². The zero-order valence-corrected chi connectivity index (χ0v) is 20.5. The van der Waals surface area contributed by atoms with Gasteiger partial charge in [-0.1, -0.05) is 12.5 Å². The molecule has 2 aliphatic rings. The van der Waals surface area contributed by atoms with Crippen LogP contribution in [-0.2, 0) is 26.0 Å². The molecular weight excluding hydrogens is 458 g/mol. The maximum atomic E-state index is 13.2. The van der Waals surface area contributed by atoms with Crippen LogP contribution >= 0.6 is 11.8 Å². The van der Waals surface area contributed by atoms with Gasteiger partial charge in [0.15, 0.2) is 0 Å². The summed E-state index contributed by atoms with van der Waals surface area (Å²) in [6, 6.07) is 12.4. The number of aryl methyl sites for hydroxylation is 1. The number of piperidine rings is 1. The van der Waals surface area contributed by atoms with Gasteiger partial charge in [-0.25, -0.2) is 8.42 Å². The van der Waals surface area contributed by atoms with Crippen LogP contribution in [0.25, 0.3) is 0 Å². The molecule has 0 saturated carbocycles. The number of carbonyl (C=O) groups is 2. The summed E-state index contributed by atoms with van der Waals surface area (Å²) in [7, 11) is -3.60. The Morgan fingerprint density at radius 1 is 1.15 bits per heavy atom. The van der Waals surface area contributed by atoms with Crippen LogP contribution in [0.3, 0.4) is 0 Å². The van der Waals surface area contributed by atoms with Crippen molar-refractivity contribution in [3.8, 4) is 0 Å². The van der Waals surface area contributed by atoms with Gasteiger partial charge in [-0.15, -0.1) is 11.8 Å². The maximum Gasteiger partial charge on any atom is 0.244 e. The number of sulfonamides is 1. The number of nitrogens with zero attached hydrogens (tertiary/aromatic N) is 2. The molecule has 2 aromatic carbocycles. The molecule has 2 aliphatic heterocycles. The Kier molecular flexibility index (Phi) is 7.11. The van der Waals surface area contributed by atoms with Crippen molar-refractivity contribution in [2.45, 2.75) is 54.9 Å². The fraction of sp³-hybridized carbons (Fsp3) is 0.417. The molecule has 1 fully saturated rings. The Bertz CT molecular complexity index is 1170. The summed E-state index contributed by atoms with van der Waals surface area (Å²) < 4.78 is 28.1. The van der Waals surface area contributed by atoms with Gasteiger partial charge in [0.2, 0.25) is 21.8 Å². The predicted octanol–water partition coefficient (Wildman–Crippen LogP) is 3.89. The molecule has 1 saturated heterocycles. The van der Waals surface area contributed by atoms with Gasteiger partial charge >= 0.3 is 0 Å². The van der Waals surface area contributed by atoms with Crippen LogP contribution in [0.5, 0.6) is 0 Å². The van der Waals surface area contributed by atoms with E-state index in [0.29, 0.717) is 24.3 Å². The summed E-state index contributed by atoms with van der Waals surface area (Å²) in [5, 5.41) is 2.85. The summed E-state index contributed by atoms with van der Waals surface area (Å²) in [6.45, 7) is 2.36. The highest BCUT2D eigenvalue weighted by molar-refractivity contribution is 7.98. The molecule has 2 aromatic rings. The van der Waals surface area contributed by atoms with Crippen molar-refractivity contribution in [3.63, 3.8) is 0 Å². The Morgan fingerprint density at radius 2 is 1.97 bits per heavy atom. The van der Waals surface area contributed by atoms with Gasteiger partial charge in [-0.3, -0.25) is 9.59 Å². The molecule has 2 amide bonds. The normalized spacial score (nSPS) is 19.3. The summed E-state index contributed by atoms with van der Waals surface area (Å²) in [4.78, 5) is 28.1. The molecule has 1 atom stereocenters. The van der Waals surface area contributed by atoms with E-state index in [1.807, 2.05) is 37.4 Å². The average molecular weight is 488 g/mol. The van der Waals surface area contributed by atoms with E-state index >= 15 is 0 Å². The number of carbonyl (C=O) groups excluding carboxylic acids is 2. The van der Waals surface area contributed by atoms with Crippen LogP contribution in [0, 0.1) is 0 Å². The number of thioether (sulfide) groups is 1. The zero-order valence-electron chi connectivity index (χ0n) is 18.9. The van der Waals surface area contributed by atoms with Gasteiger partial charge in [-0.2, -0.15) is 4.31 Å². The first-order valence-corrected chi connectivity index (χ1v) is 13.8. The highest BCUT2D eigenvalue weighted by atomic mass is 32.2. The van der Waals surface area contributed by atoms with E-state index < -0.39 is 10.0 Å². The molecule has 33 heavy (non-hydrogen) atoms. The maximum absolute atomic E-state index is 13.2. The van der Waals surface area contributed by atoms with Crippen LogP contribution in [0.2, 0.25) is 0 Å². The SMILES string of the molecule is CSc1cccc(NC(=O)CN2C(=O)CCc3cc(S(=O)(=O)N4CCCCC4C)ccc32)c1. The van der Waals surface area contributed by atoms with E-state index in [1.54, 1.807) is 34.3 Å². The fourth-order valence-electron chi connectivity index (χ4n) is 4.48. The molecule has 176 valence electrons. The number of hydrogen-bond acceptors (Lipinski definition) is 5. The van der Waals surface area contributed by atoms with E-state index in [9.17, 15) is 18.0 Å². The number of hydrogen-bond donors (Lipinski definition) is 1. The third-order valence-electron chi connectivity index (χ3n) is 6.25. The van der Waals surface area contributed by atoms with Crippen molar-refractivity contribution in [1.29, 1.82) is 0 Å². The van der Waals surface area contributed by atoms with Crippen LogP contribution in [0.4, 0.5) is 11.4 Å². The Hall–Kier alpha value is -2.36. The quantitative estimate of drug-likeness (QED) is 0.625. The molecule has 0 aliphatic carbocycles. The lowest BCUT2D eigenvalue weighted by molar-refractivity contribution is -0.121. The second-order valence-electron chi connectivity index (χ2n) is 8.51. The number of rotatable bonds is 6. The number of nitrogens with one attached hydrogen (secondary N) is 1. The molecule has 7 nitrogen and oxygen atoms in total. The average Bonchev–Trinajstić information content (AvgIpc) is 2.81. The second kappa shape index (κ2) is 9.87. The van der Waals surface area contributed by atoms with E-state index in [-0.39, 0.29) is 35.7 Å². The summed E-state index contributed by atoms with van der Waals surface area (Å²) in [5.41, 5.74) is 2.05. The first-order valence-electron chi connectivity index (χ1n) is 11.2. The minimum atomic E-state index is -3.60. The highest BCUT2D eigenvalue weighted by Crippen LogP contribution is 2.32. The van der Waals surface area contributed by atoms with E-state index in [4.69, 9.17) is 0 Å². The summed E-state index contributed by atoms with van der Waals surface area (Å²) in [6.07, 6.45) is 5.43. The molecular formula is C24H29N3O4S2. The van der Waals surface area contributed by atoms with Crippen molar-refractivity contribution in [2.75, 3.05) is 29.6 Å². The largest absolute Gasteiger partial charge is 0.324 e. The molecule has 0 aromatic heterocycles. The minimum Gasteiger partial charge on any atom is -0.324 e. The van der Waals surface area contributed by atoms with Gasteiger partial charge < -0.3 is 10.2 Å². The van der Waals surface area contributed by atoms with Crippen molar-refractivity contribution < 1.29 is 18.0 Å². The Balaban J connectivity index is 1.54. The first kappa shape index (κ1) is 23.8. The molecule has 0 bridgehead atoms. The summed E-state index contributed by atoms with van der Waals surface area (Å²) >= 11 is 1.58. The standard InChI is InChI=1S/C24H29N3O4S2/c1-17-6-3-4-13-27(17)33(30,31)21-10-11-22-18(14-21)9-12-24(29)26(22)16-23(28)25-19-7-5-8-20(15-19)32-2/h5,7-8,10-11,14-15,17H,3-4,6,9,12-13,16H2,1-2H3,(H,25,28). The van der Waals surface area contributed by atoms with Crippen molar-refractivity contribution in [3.05, 3.63) is 48.0 Å². The molecule has 1 unspecified atom stereocenters. The lowest BCUT2D eigenvalue weighted by atomic mass is 10.0. The van der Waals surface area contributed by atoms with Gasteiger partial charge in [-0.05, 0) is 74.4 Å². The lowest BCUT2D eigenvalue weighted by Gasteiger charge is -2.33. The topological polar surface area (TPSA) is 86.8 Å². The van der Waals surface area contributed by atoms with Crippen LogP contribution in [0.15, 0.2) is 52.3 Å². The zero-order chi connectivity index (χ0) is 23.6.